The Morgan fingerprint density at radius 3 is 2.47 bits per heavy atom. The van der Waals surface area contributed by atoms with Gasteiger partial charge in [-0.1, -0.05) is 33.6 Å². The zero-order valence-electron chi connectivity index (χ0n) is 11.1. The van der Waals surface area contributed by atoms with Crippen LogP contribution in [0.4, 0.5) is 0 Å². The molecule has 1 saturated carbocycles. The molecule has 1 fully saturated rings. The molecule has 3 atom stereocenters. The van der Waals surface area contributed by atoms with Crippen LogP contribution in [0.1, 0.15) is 66.2 Å². The number of hydrogen-bond acceptors (Lipinski definition) is 1. The Balaban J connectivity index is 2.16. The third-order valence-corrected chi connectivity index (χ3v) is 3.63. The van der Waals surface area contributed by atoms with E-state index in [1.165, 1.54) is 38.5 Å². The van der Waals surface area contributed by atoms with Gasteiger partial charge in [-0.05, 0) is 44.4 Å². The Kier molecular flexibility index (Phi) is 5.66. The lowest BCUT2D eigenvalue weighted by molar-refractivity contribution is 0.276. The van der Waals surface area contributed by atoms with Crippen molar-refractivity contribution in [3.8, 4) is 0 Å². The maximum Gasteiger partial charge on any atom is 0.00720 e. The second kappa shape index (κ2) is 6.52. The van der Waals surface area contributed by atoms with Crippen molar-refractivity contribution in [2.24, 2.45) is 11.8 Å². The molecule has 1 aliphatic carbocycles. The molecule has 0 heterocycles. The van der Waals surface area contributed by atoms with Gasteiger partial charge in [-0.2, -0.15) is 0 Å². The van der Waals surface area contributed by atoms with Crippen LogP contribution in [-0.2, 0) is 0 Å². The fraction of sp³-hybridized carbons (Fsp3) is 1.00. The van der Waals surface area contributed by atoms with Crippen molar-refractivity contribution in [2.75, 3.05) is 0 Å². The average Bonchev–Trinajstić information content (AvgIpc) is 2.15. The summed E-state index contributed by atoms with van der Waals surface area (Å²) < 4.78 is 0. The van der Waals surface area contributed by atoms with E-state index in [0.717, 1.165) is 17.9 Å². The van der Waals surface area contributed by atoms with E-state index in [1.807, 2.05) is 0 Å². The first-order chi connectivity index (χ1) is 7.08. The van der Waals surface area contributed by atoms with Gasteiger partial charge in [-0.25, -0.2) is 0 Å². The minimum Gasteiger partial charge on any atom is -0.311 e. The highest BCUT2D eigenvalue weighted by atomic mass is 14.9. The minimum atomic E-state index is 0.711. The van der Waals surface area contributed by atoms with Gasteiger partial charge in [0.2, 0.25) is 0 Å². The molecule has 0 aliphatic heterocycles. The predicted octanol–water partition coefficient (Wildman–Crippen LogP) is 3.98. The zero-order valence-corrected chi connectivity index (χ0v) is 11.1. The Labute approximate surface area is 96.0 Å². The second-order valence-corrected chi connectivity index (χ2v) is 6.01. The Morgan fingerprint density at radius 2 is 1.87 bits per heavy atom. The first-order valence-electron chi connectivity index (χ1n) is 6.84. The van der Waals surface area contributed by atoms with Crippen LogP contribution in [0.3, 0.4) is 0 Å². The molecule has 1 N–H and O–H groups in total. The summed E-state index contributed by atoms with van der Waals surface area (Å²) in [4.78, 5) is 0. The molecular formula is C14H29N. The van der Waals surface area contributed by atoms with Crippen molar-refractivity contribution in [3.63, 3.8) is 0 Å². The largest absolute Gasteiger partial charge is 0.311 e. The third-order valence-electron chi connectivity index (χ3n) is 3.63. The maximum atomic E-state index is 3.80. The molecule has 0 spiro atoms. The molecular weight excluding hydrogens is 182 g/mol. The van der Waals surface area contributed by atoms with E-state index in [1.54, 1.807) is 0 Å². The monoisotopic (exact) mass is 211 g/mol. The number of hydrogen-bond donors (Lipinski definition) is 1. The highest BCUT2D eigenvalue weighted by molar-refractivity contribution is 4.78. The fourth-order valence-electron chi connectivity index (χ4n) is 2.65. The topological polar surface area (TPSA) is 12.0 Å². The predicted molar refractivity (Wildman–Crippen MR) is 68.1 cm³/mol. The molecule has 0 aromatic heterocycles. The number of nitrogens with one attached hydrogen (secondary N) is 1. The Hall–Kier alpha value is -0.0400. The van der Waals surface area contributed by atoms with Gasteiger partial charge in [0.1, 0.15) is 0 Å². The van der Waals surface area contributed by atoms with Crippen LogP contribution >= 0.6 is 0 Å². The molecule has 90 valence electrons. The molecule has 0 aromatic carbocycles. The van der Waals surface area contributed by atoms with Gasteiger partial charge >= 0.3 is 0 Å². The highest BCUT2D eigenvalue weighted by Gasteiger charge is 2.19. The summed E-state index contributed by atoms with van der Waals surface area (Å²) in [5, 5.41) is 3.80. The molecule has 1 aliphatic rings. The molecule has 0 saturated heterocycles. The van der Waals surface area contributed by atoms with Crippen LogP contribution in [0, 0.1) is 11.8 Å². The van der Waals surface area contributed by atoms with E-state index in [-0.39, 0.29) is 0 Å². The summed E-state index contributed by atoms with van der Waals surface area (Å²) in [6.45, 7) is 9.37. The van der Waals surface area contributed by atoms with E-state index in [4.69, 9.17) is 0 Å². The summed E-state index contributed by atoms with van der Waals surface area (Å²) in [5.74, 6) is 1.79. The van der Waals surface area contributed by atoms with Gasteiger partial charge in [0.15, 0.2) is 0 Å². The van der Waals surface area contributed by atoms with Crippen LogP contribution in [0.2, 0.25) is 0 Å². The summed E-state index contributed by atoms with van der Waals surface area (Å²) in [7, 11) is 0. The van der Waals surface area contributed by atoms with Gasteiger partial charge in [-0.15, -0.1) is 0 Å². The maximum absolute atomic E-state index is 3.80. The zero-order chi connectivity index (χ0) is 11.3. The molecule has 0 amide bonds. The summed E-state index contributed by atoms with van der Waals surface area (Å²) >= 11 is 0. The van der Waals surface area contributed by atoms with Crippen molar-refractivity contribution in [3.05, 3.63) is 0 Å². The molecule has 15 heavy (non-hydrogen) atoms. The van der Waals surface area contributed by atoms with E-state index < -0.39 is 0 Å². The van der Waals surface area contributed by atoms with Crippen molar-refractivity contribution in [2.45, 2.75) is 78.3 Å². The van der Waals surface area contributed by atoms with Crippen LogP contribution in [-0.4, -0.2) is 12.1 Å². The van der Waals surface area contributed by atoms with Gasteiger partial charge < -0.3 is 5.32 Å². The average molecular weight is 211 g/mol. The lowest BCUT2D eigenvalue weighted by Gasteiger charge is -2.30. The normalized spacial score (nSPS) is 29.4. The molecule has 0 bridgehead atoms. The van der Waals surface area contributed by atoms with Crippen LogP contribution in [0.5, 0.6) is 0 Å². The standard InChI is InChI=1S/C14H29N/c1-11(2)8-9-13(4)15-14-7-5-6-12(3)10-14/h11-15H,5-10H2,1-4H3. The Morgan fingerprint density at radius 1 is 1.13 bits per heavy atom. The number of rotatable bonds is 5. The lowest BCUT2D eigenvalue weighted by atomic mass is 9.86. The summed E-state index contributed by atoms with van der Waals surface area (Å²) in [6, 6.07) is 1.51. The first-order valence-corrected chi connectivity index (χ1v) is 6.84. The molecule has 1 nitrogen and oxygen atoms in total. The minimum absolute atomic E-state index is 0.711. The van der Waals surface area contributed by atoms with E-state index >= 15 is 0 Å². The fourth-order valence-corrected chi connectivity index (χ4v) is 2.65. The summed E-state index contributed by atoms with van der Waals surface area (Å²) in [6.07, 6.45) is 8.36. The van der Waals surface area contributed by atoms with Gasteiger partial charge in [0, 0.05) is 12.1 Å². The van der Waals surface area contributed by atoms with Gasteiger partial charge in [0.25, 0.3) is 0 Å². The van der Waals surface area contributed by atoms with Gasteiger partial charge in [-0.3, -0.25) is 0 Å². The molecule has 0 aromatic rings. The smallest absolute Gasteiger partial charge is 0.00720 e. The van der Waals surface area contributed by atoms with Crippen molar-refractivity contribution >= 4 is 0 Å². The van der Waals surface area contributed by atoms with Gasteiger partial charge in [0.05, 0.1) is 0 Å². The quantitative estimate of drug-likeness (QED) is 0.725. The summed E-state index contributed by atoms with van der Waals surface area (Å²) in [5.41, 5.74) is 0. The van der Waals surface area contributed by atoms with Crippen molar-refractivity contribution < 1.29 is 0 Å². The SMILES string of the molecule is CC(C)CCC(C)NC1CCCC(C)C1. The van der Waals surface area contributed by atoms with Crippen molar-refractivity contribution in [1.82, 2.24) is 5.32 Å². The third kappa shape index (κ3) is 5.55. The molecule has 3 unspecified atom stereocenters. The van der Waals surface area contributed by atoms with Crippen LogP contribution < -0.4 is 5.32 Å². The van der Waals surface area contributed by atoms with Crippen LogP contribution in [0.25, 0.3) is 0 Å². The van der Waals surface area contributed by atoms with E-state index in [9.17, 15) is 0 Å². The lowest BCUT2D eigenvalue weighted by Crippen LogP contribution is -2.39. The van der Waals surface area contributed by atoms with Crippen LogP contribution in [0.15, 0.2) is 0 Å². The highest BCUT2D eigenvalue weighted by Crippen LogP contribution is 2.24. The Bertz CT molecular complexity index is 165. The molecule has 1 rings (SSSR count). The first kappa shape index (κ1) is 13.0. The second-order valence-electron chi connectivity index (χ2n) is 6.01. The van der Waals surface area contributed by atoms with E-state index in [0.29, 0.717) is 6.04 Å². The van der Waals surface area contributed by atoms with E-state index in [2.05, 4.69) is 33.0 Å². The molecule has 0 radical (unpaired) electrons. The molecule has 1 heteroatoms. The van der Waals surface area contributed by atoms with Crippen molar-refractivity contribution in [1.29, 1.82) is 0 Å².